The highest BCUT2D eigenvalue weighted by atomic mass is 79.9. The molecule has 2 aromatic carbocycles. The lowest BCUT2D eigenvalue weighted by atomic mass is 10.1. The second-order valence-electron chi connectivity index (χ2n) is 3.85. The lowest BCUT2D eigenvalue weighted by Gasteiger charge is -2.11. The third-order valence-corrected chi connectivity index (χ3v) is 3.07. The number of para-hydroxylation sites is 1. The van der Waals surface area contributed by atoms with Crippen LogP contribution in [0.4, 0.5) is 8.78 Å². The molecule has 0 atom stereocenters. The first-order chi connectivity index (χ1) is 8.99. The monoisotopic (exact) mass is 326 g/mol. The standard InChI is InChI=1S/C14H9BrF2O2/c1-8(18)10-3-2-4-12(17)14(10)19-13-6-5-9(16)7-11(13)15/h2-7H,1H3. The van der Waals surface area contributed by atoms with Crippen molar-refractivity contribution in [3.05, 3.63) is 58.1 Å². The minimum absolute atomic E-state index is 0.135. The fourth-order valence-corrected chi connectivity index (χ4v) is 1.99. The molecule has 0 aliphatic rings. The van der Waals surface area contributed by atoms with Crippen LogP contribution in [0.25, 0.3) is 0 Å². The predicted octanol–water partition coefficient (Wildman–Crippen LogP) is 4.72. The number of hydrogen-bond acceptors (Lipinski definition) is 2. The van der Waals surface area contributed by atoms with Crippen LogP contribution in [0.5, 0.6) is 11.5 Å². The van der Waals surface area contributed by atoms with E-state index >= 15 is 0 Å². The van der Waals surface area contributed by atoms with E-state index in [1.165, 1.54) is 43.3 Å². The summed E-state index contributed by atoms with van der Waals surface area (Å²) in [6, 6.07) is 7.84. The van der Waals surface area contributed by atoms with Crippen molar-refractivity contribution in [2.45, 2.75) is 6.92 Å². The van der Waals surface area contributed by atoms with Crippen LogP contribution < -0.4 is 4.74 Å². The molecule has 0 saturated carbocycles. The lowest BCUT2D eigenvalue weighted by molar-refractivity contribution is 0.101. The molecular weight excluding hydrogens is 318 g/mol. The number of ketones is 1. The first-order valence-corrected chi connectivity index (χ1v) is 6.20. The molecule has 0 bridgehead atoms. The number of benzene rings is 2. The highest BCUT2D eigenvalue weighted by molar-refractivity contribution is 9.10. The summed E-state index contributed by atoms with van der Waals surface area (Å²) in [6.07, 6.45) is 0. The van der Waals surface area contributed by atoms with Crippen molar-refractivity contribution < 1.29 is 18.3 Å². The fourth-order valence-electron chi connectivity index (χ4n) is 1.56. The van der Waals surface area contributed by atoms with Gasteiger partial charge >= 0.3 is 0 Å². The first-order valence-electron chi connectivity index (χ1n) is 5.41. The van der Waals surface area contributed by atoms with Gasteiger partial charge < -0.3 is 4.74 Å². The van der Waals surface area contributed by atoms with E-state index < -0.39 is 11.6 Å². The Morgan fingerprint density at radius 1 is 1.21 bits per heavy atom. The summed E-state index contributed by atoms with van der Waals surface area (Å²) < 4.78 is 32.4. The van der Waals surface area contributed by atoms with Crippen LogP contribution in [0.3, 0.4) is 0 Å². The zero-order valence-corrected chi connectivity index (χ0v) is 11.5. The van der Waals surface area contributed by atoms with E-state index in [0.29, 0.717) is 4.47 Å². The van der Waals surface area contributed by atoms with Crippen LogP contribution >= 0.6 is 15.9 Å². The third-order valence-electron chi connectivity index (χ3n) is 2.45. The van der Waals surface area contributed by atoms with Gasteiger partial charge in [-0.25, -0.2) is 8.78 Å². The number of Topliss-reactive ketones (excluding diaryl/α,β-unsaturated/α-hetero) is 1. The van der Waals surface area contributed by atoms with Gasteiger partial charge in [0.05, 0.1) is 10.0 Å². The number of hydrogen-bond donors (Lipinski definition) is 0. The van der Waals surface area contributed by atoms with E-state index in [2.05, 4.69) is 15.9 Å². The molecular formula is C14H9BrF2O2. The zero-order valence-electron chi connectivity index (χ0n) is 9.91. The first kappa shape index (κ1) is 13.7. The van der Waals surface area contributed by atoms with Gasteiger partial charge in [0, 0.05) is 0 Å². The van der Waals surface area contributed by atoms with Crippen LogP contribution in [-0.2, 0) is 0 Å². The van der Waals surface area contributed by atoms with Crippen molar-refractivity contribution in [3.8, 4) is 11.5 Å². The molecule has 5 heteroatoms. The zero-order chi connectivity index (χ0) is 14.0. The quantitative estimate of drug-likeness (QED) is 0.763. The Morgan fingerprint density at radius 3 is 2.58 bits per heavy atom. The Hall–Kier alpha value is -1.75. The van der Waals surface area contributed by atoms with Gasteiger partial charge in [0.25, 0.3) is 0 Å². The van der Waals surface area contributed by atoms with Crippen LogP contribution in [0.15, 0.2) is 40.9 Å². The van der Waals surface area contributed by atoms with Gasteiger partial charge in [-0.1, -0.05) is 6.07 Å². The summed E-state index contributed by atoms with van der Waals surface area (Å²) in [6.45, 7) is 1.32. The van der Waals surface area contributed by atoms with Crippen LogP contribution in [0.1, 0.15) is 17.3 Å². The average Bonchev–Trinajstić information content (AvgIpc) is 2.34. The van der Waals surface area contributed by atoms with Gasteiger partial charge in [0.15, 0.2) is 17.3 Å². The van der Waals surface area contributed by atoms with Gasteiger partial charge in [-0.15, -0.1) is 0 Å². The van der Waals surface area contributed by atoms with Crippen LogP contribution in [0, 0.1) is 11.6 Å². The molecule has 0 aliphatic heterocycles. The fraction of sp³-hybridized carbons (Fsp3) is 0.0714. The highest BCUT2D eigenvalue weighted by Gasteiger charge is 2.15. The van der Waals surface area contributed by atoms with E-state index in [1.807, 2.05) is 0 Å². The maximum atomic E-state index is 13.7. The van der Waals surface area contributed by atoms with Gasteiger partial charge in [-0.3, -0.25) is 4.79 Å². The molecule has 0 spiro atoms. The summed E-state index contributed by atoms with van der Waals surface area (Å²) in [5.74, 6) is -1.34. The second-order valence-corrected chi connectivity index (χ2v) is 4.70. The number of rotatable bonds is 3. The molecule has 2 nitrogen and oxygen atoms in total. The summed E-state index contributed by atoms with van der Waals surface area (Å²) in [7, 11) is 0. The van der Waals surface area contributed by atoms with E-state index in [9.17, 15) is 13.6 Å². The molecule has 98 valence electrons. The Labute approximate surface area is 117 Å². The van der Waals surface area contributed by atoms with E-state index in [1.54, 1.807) is 0 Å². The Morgan fingerprint density at radius 2 is 1.95 bits per heavy atom. The average molecular weight is 327 g/mol. The van der Waals surface area contributed by atoms with Gasteiger partial charge in [-0.05, 0) is 53.2 Å². The van der Waals surface area contributed by atoms with E-state index in [-0.39, 0.29) is 22.8 Å². The maximum Gasteiger partial charge on any atom is 0.173 e. The molecule has 0 amide bonds. The lowest BCUT2D eigenvalue weighted by Crippen LogP contribution is -2.00. The summed E-state index contributed by atoms with van der Waals surface area (Å²) in [5.41, 5.74) is 0.135. The highest BCUT2D eigenvalue weighted by Crippen LogP contribution is 2.33. The van der Waals surface area contributed by atoms with Crippen molar-refractivity contribution in [1.29, 1.82) is 0 Å². The number of carbonyl (C=O) groups is 1. The molecule has 2 rings (SSSR count). The minimum Gasteiger partial charge on any atom is -0.452 e. The minimum atomic E-state index is -0.649. The smallest absolute Gasteiger partial charge is 0.173 e. The molecule has 0 aromatic heterocycles. The molecule has 2 aromatic rings. The summed E-state index contributed by atoms with van der Waals surface area (Å²) in [5, 5.41) is 0. The van der Waals surface area contributed by atoms with Crippen molar-refractivity contribution in [2.24, 2.45) is 0 Å². The molecule has 0 unspecified atom stereocenters. The Bertz CT molecular complexity index is 641. The summed E-state index contributed by atoms with van der Waals surface area (Å²) in [4.78, 5) is 11.4. The van der Waals surface area contributed by atoms with E-state index in [4.69, 9.17) is 4.74 Å². The number of ether oxygens (including phenoxy) is 1. The van der Waals surface area contributed by atoms with Crippen molar-refractivity contribution in [1.82, 2.24) is 0 Å². The molecule has 0 aliphatic carbocycles. The maximum absolute atomic E-state index is 13.7. The Balaban J connectivity index is 2.46. The third kappa shape index (κ3) is 2.98. The summed E-state index contributed by atoms with van der Waals surface area (Å²) >= 11 is 3.12. The number of carbonyl (C=O) groups excluding carboxylic acids is 1. The van der Waals surface area contributed by atoms with Gasteiger partial charge in [0.2, 0.25) is 0 Å². The molecule has 0 heterocycles. The molecule has 0 radical (unpaired) electrons. The van der Waals surface area contributed by atoms with Gasteiger partial charge in [0.1, 0.15) is 11.6 Å². The van der Waals surface area contributed by atoms with Gasteiger partial charge in [-0.2, -0.15) is 0 Å². The molecule has 19 heavy (non-hydrogen) atoms. The van der Waals surface area contributed by atoms with Crippen molar-refractivity contribution in [2.75, 3.05) is 0 Å². The Kier molecular flexibility index (Phi) is 3.95. The normalized spacial score (nSPS) is 10.3. The number of halogens is 3. The molecule has 0 saturated heterocycles. The second kappa shape index (κ2) is 5.48. The largest absolute Gasteiger partial charge is 0.452 e. The van der Waals surface area contributed by atoms with Crippen LogP contribution in [0.2, 0.25) is 0 Å². The SMILES string of the molecule is CC(=O)c1cccc(F)c1Oc1ccc(F)cc1Br. The molecule has 0 fully saturated rings. The predicted molar refractivity (Wildman–Crippen MR) is 70.6 cm³/mol. The van der Waals surface area contributed by atoms with Crippen molar-refractivity contribution >= 4 is 21.7 Å². The molecule has 0 N–H and O–H groups in total. The van der Waals surface area contributed by atoms with Crippen LogP contribution in [-0.4, -0.2) is 5.78 Å². The van der Waals surface area contributed by atoms with E-state index in [0.717, 1.165) is 0 Å². The van der Waals surface area contributed by atoms with Crippen molar-refractivity contribution in [3.63, 3.8) is 0 Å². The topological polar surface area (TPSA) is 26.3 Å².